The molecule has 3 aromatic heterocycles. The number of hydrogen-bond donors (Lipinski definition) is 4. The van der Waals surface area contributed by atoms with Gasteiger partial charge in [-0.15, -0.1) is 11.3 Å². The molecule has 0 aromatic carbocycles. The standard InChI is InChI=1S/C23H29N5O4S/c1-13(22(2,3)4)26-20(31)14-7-24-19-18(14)27-15(8-25-19)16-5-6-17(33-16)21(32)28-9-23(10-28,11-29)12-30/h5-8,13,29-30H,9-12H2,1-4H3,(H,24,25)(H,26,31)/t13-/m0/s1. The molecule has 1 aliphatic heterocycles. The smallest absolute Gasteiger partial charge is 0.263 e. The molecular formula is C23H29N5O4S. The fourth-order valence-corrected chi connectivity index (χ4v) is 4.51. The maximum atomic E-state index is 12.9. The van der Waals surface area contributed by atoms with Gasteiger partial charge in [0.15, 0.2) is 5.65 Å². The third-order valence-electron chi connectivity index (χ3n) is 6.35. The molecule has 0 saturated carbocycles. The molecule has 10 heteroatoms. The predicted octanol–water partition coefficient (Wildman–Crippen LogP) is 2.28. The number of hydrogen-bond acceptors (Lipinski definition) is 7. The monoisotopic (exact) mass is 471 g/mol. The third kappa shape index (κ3) is 4.38. The summed E-state index contributed by atoms with van der Waals surface area (Å²) in [5.41, 5.74) is 1.31. The quantitative estimate of drug-likeness (QED) is 0.436. The highest BCUT2D eigenvalue weighted by molar-refractivity contribution is 7.17. The number of thiophene rings is 1. The Bertz CT molecular complexity index is 1180. The average molecular weight is 472 g/mol. The zero-order chi connectivity index (χ0) is 24.0. The maximum absolute atomic E-state index is 12.9. The summed E-state index contributed by atoms with van der Waals surface area (Å²) in [6, 6.07) is 3.52. The molecule has 0 radical (unpaired) electrons. The molecule has 3 aromatic rings. The second-order valence-electron chi connectivity index (χ2n) is 9.86. The molecular weight excluding hydrogens is 442 g/mol. The number of rotatable bonds is 6. The Morgan fingerprint density at radius 2 is 1.97 bits per heavy atom. The highest BCUT2D eigenvalue weighted by atomic mass is 32.1. The van der Waals surface area contributed by atoms with Crippen LogP contribution in [0.15, 0.2) is 24.5 Å². The number of aliphatic hydroxyl groups is 2. The Balaban J connectivity index is 1.54. The van der Waals surface area contributed by atoms with Crippen LogP contribution in [0.2, 0.25) is 0 Å². The Hall–Kier alpha value is -2.82. The molecule has 4 rings (SSSR count). The van der Waals surface area contributed by atoms with Crippen molar-refractivity contribution in [3.63, 3.8) is 0 Å². The molecule has 2 amide bonds. The van der Waals surface area contributed by atoms with Crippen LogP contribution in [-0.2, 0) is 0 Å². The van der Waals surface area contributed by atoms with Gasteiger partial charge in [0.2, 0.25) is 0 Å². The van der Waals surface area contributed by atoms with Crippen molar-refractivity contribution in [3.8, 4) is 10.6 Å². The van der Waals surface area contributed by atoms with Crippen molar-refractivity contribution in [2.45, 2.75) is 33.7 Å². The van der Waals surface area contributed by atoms with E-state index in [0.717, 1.165) is 4.88 Å². The molecule has 9 nitrogen and oxygen atoms in total. The van der Waals surface area contributed by atoms with Crippen LogP contribution in [0.3, 0.4) is 0 Å². The number of aromatic nitrogens is 3. The minimum atomic E-state index is -0.609. The Morgan fingerprint density at radius 1 is 1.27 bits per heavy atom. The molecule has 0 spiro atoms. The van der Waals surface area contributed by atoms with Gasteiger partial charge in [-0.05, 0) is 24.5 Å². The van der Waals surface area contributed by atoms with Gasteiger partial charge < -0.3 is 25.4 Å². The van der Waals surface area contributed by atoms with Crippen LogP contribution < -0.4 is 5.32 Å². The number of nitrogens with one attached hydrogen (secondary N) is 2. The van der Waals surface area contributed by atoms with Gasteiger partial charge in [-0.1, -0.05) is 20.8 Å². The van der Waals surface area contributed by atoms with Crippen molar-refractivity contribution in [1.82, 2.24) is 25.2 Å². The molecule has 1 aliphatic rings. The summed E-state index contributed by atoms with van der Waals surface area (Å²) in [5, 5.41) is 21.9. The zero-order valence-electron chi connectivity index (χ0n) is 19.2. The molecule has 1 saturated heterocycles. The van der Waals surface area contributed by atoms with E-state index in [9.17, 15) is 19.8 Å². The van der Waals surface area contributed by atoms with Crippen molar-refractivity contribution in [1.29, 1.82) is 0 Å². The van der Waals surface area contributed by atoms with Crippen molar-refractivity contribution in [2.75, 3.05) is 26.3 Å². The molecule has 0 aliphatic carbocycles. The second-order valence-corrected chi connectivity index (χ2v) is 10.9. The number of fused-ring (bicyclic) bond motifs is 1. The summed E-state index contributed by atoms with van der Waals surface area (Å²) < 4.78 is 0. The topological polar surface area (TPSA) is 131 Å². The van der Waals surface area contributed by atoms with Gasteiger partial charge in [0, 0.05) is 25.3 Å². The van der Waals surface area contributed by atoms with Crippen LogP contribution in [0.25, 0.3) is 21.7 Å². The summed E-state index contributed by atoms with van der Waals surface area (Å²) in [6.07, 6.45) is 3.23. The summed E-state index contributed by atoms with van der Waals surface area (Å²) in [6.45, 7) is 8.51. The largest absolute Gasteiger partial charge is 0.396 e. The number of aromatic amines is 1. The number of H-pyrrole nitrogens is 1. The van der Waals surface area contributed by atoms with E-state index in [4.69, 9.17) is 0 Å². The maximum Gasteiger partial charge on any atom is 0.263 e. The van der Waals surface area contributed by atoms with Gasteiger partial charge in [0.05, 0.1) is 45.8 Å². The first-order valence-electron chi connectivity index (χ1n) is 10.8. The number of amides is 2. The van der Waals surface area contributed by atoms with E-state index in [1.807, 2.05) is 13.0 Å². The van der Waals surface area contributed by atoms with E-state index in [2.05, 4.69) is 41.0 Å². The lowest BCUT2D eigenvalue weighted by atomic mass is 9.81. The number of likely N-dealkylation sites (tertiary alicyclic amines) is 1. The van der Waals surface area contributed by atoms with Crippen LogP contribution >= 0.6 is 11.3 Å². The summed E-state index contributed by atoms with van der Waals surface area (Å²) in [7, 11) is 0. The minimum absolute atomic E-state index is 0.0335. The second kappa shape index (κ2) is 8.51. The first kappa shape index (κ1) is 23.3. The van der Waals surface area contributed by atoms with E-state index in [1.165, 1.54) is 11.3 Å². The Morgan fingerprint density at radius 3 is 2.61 bits per heavy atom. The highest BCUT2D eigenvalue weighted by Crippen LogP contribution is 2.34. The van der Waals surface area contributed by atoms with E-state index < -0.39 is 5.41 Å². The molecule has 0 bridgehead atoms. The first-order chi connectivity index (χ1) is 15.6. The lowest BCUT2D eigenvalue weighted by molar-refractivity contribution is -0.0587. The fourth-order valence-electron chi connectivity index (χ4n) is 3.58. The van der Waals surface area contributed by atoms with Gasteiger partial charge in [0.1, 0.15) is 5.52 Å². The van der Waals surface area contributed by atoms with Gasteiger partial charge in [-0.25, -0.2) is 9.97 Å². The summed E-state index contributed by atoms with van der Waals surface area (Å²) >= 11 is 1.30. The molecule has 33 heavy (non-hydrogen) atoms. The highest BCUT2D eigenvalue weighted by Gasteiger charge is 2.44. The number of carbonyl (C=O) groups is 2. The molecule has 4 heterocycles. The average Bonchev–Trinajstić information content (AvgIpc) is 3.40. The third-order valence-corrected chi connectivity index (χ3v) is 7.45. The Labute approximate surface area is 195 Å². The molecule has 1 fully saturated rings. The lowest BCUT2D eigenvalue weighted by Crippen LogP contribution is -2.61. The van der Waals surface area contributed by atoms with Crippen LogP contribution in [0.4, 0.5) is 0 Å². The molecule has 0 unspecified atom stereocenters. The number of nitrogens with zero attached hydrogens (tertiary/aromatic N) is 3. The number of carbonyl (C=O) groups excluding carboxylic acids is 2. The van der Waals surface area contributed by atoms with Gasteiger partial charge in [0.25, 0.3) is 11.8 Å². The van der Waals surface area contributed by atoms with Crippen LogP contribution in [0, 0.1) is 10.8 Å². The minimum Gasteiger partial charge on any atom is -0.396 e. The van der Waals surface area contributed by atoms with E-state index >= 15 is 0 Å². The molecule has 176 valence electrons. The Kier molecular flexibility index (Phi) is 6.02. The normalized spacial score (nSPS) is 16.5. The summed E-state index contributed by atoms with van der Waals surface area (Å²) in [5.74, 6) is -0.359. The molecule has 4 N–H and O–H groups in total. The summed E-state index contributed by atoms with van der Waals surface area (Å²) in [4.78, 5) is 40.6. The first-order valence-corrected chi connectivity index (χ1v) is 11.6. The van der Waals surface area contributed by atoms with E-state index in [1.54, 1.807) is 23.4 Å². The van der Waals surface area contributed by atoms with Gasteiger partial charge in [-0.3, -0.25) is 9.59 Å². The van der Waals surface area contributed by atoms with Crippen molar-refractivity contribution in [3.05, 3.63) is 35.0 Å². The van der Waals surface area contributed by atoms with Crippen molar-refractivity contribution < 1.29 is 19.8 Å². The predicted molar refractivity (Wildman–Crippen MR) is 126 cm³/mol. The zero-order valence-corrected chi connectivity index (χ0v) is 20.0. The molecule has 1 atom stereocenters. The van der Waals surface area contributed by atoms with Crippen molar-refractivity contribution >= 4 is 34.3 Å². The van der Waals surface area contributed by atoms with Crippen LogP contribution in [0.5, 0.6) is 0 Å². The fraction of sp³-hybridized carbons (Fsp3) is 0.478. The van der Waals surface area contributed by atoms with E-state index in [0.29, 0.717) is 40.4 Å². The van der Waals surface area contributed by atoms with E-state index in [-0.39, 0.29) is 36.5 Å². The van der Waals surface area contributed by atoms with Crippen LogP contribution in [-0.4, -0.2) is 74.2 Å². The number of aliphatic hydroxyl groups excluding tert-OH is 2. The van der Waals surface area contributed by atoms with Crippen LogP contribution in [0.1, 0.15) is 47.7 Å². The van der Waals surface area contributed by atoms with Gasteiger partial charge in [-0.2, -0.15) is 0 Å². The lowest BCUT2D eigenvalue weighted by Gasteiger charge is -2.47. The van der Waals surface area contributed by atoms with Gasteiger partial charge >= 0.3 is 0 Å². The SMILES string of the molecule is C[C@H](NC(=O)c1c[nH]c2ncc(-c3ccc(C(=O)N4CC(CO)(CO)C4)s3)nc12)C(C)(C)C. The van der Waals surface area contributed by atoms with Crippen molar-refractivity contribution in [2.24, 2.45) is 10.8 Å².